The van der Waals surface area contributed by atoms with E-state index in [-0.39, 0.29) is 5.82 Å². The van der Waals surface area contributed by atoms with Crippen molar-refractivity contribution >= 4 is 17.4 Å². The third kappa shape index (κ3) is 2.38. The van der Waals surface area contributed by atoms with Gasteiger partial charge in [0.25, 0.3) is 0 Å². The molecule has 0 spiro atoms. The Balaban J connectivity index is 2.02. The summed E-state index contributed by atoms with van der Waals surface area (Å²) in [5, 5.41) is 5.10. The number of hydrogen-bond donors (Lipinski definition) is 1. The van der Waals surface area contributed by atoms with Gasteiger partial charge in [-0.3, -0.25) is 0 Å². The molecule has 5 heteroatoms. The van der Waals surface area contributed by atoms with Crippen molar-refractivity contribution in [3.05, 3.63) is 65.4 Å². The molecule has 3 rings (SSSR count). The molecular weight excluding hydrogens is 277 g/mol. The second-order valence-electron chi connectivity index (χ2n) is 4.35. The summed E-state index contributed by atoms with van der Waals surface area (Å²) in [6, 6.07) is 15.1. The first-order valence-corrected chi connectivity index (χ1v) is 6.39. The second kappa shape index (κ2) is 4.98. The van der Waals surface area contributed by atoms with Gasteiger partial charge in [-0.2, -0.15) is 5.10 Å². The summed E-state index contributed by atoms with van der Waals surface area (Å²) in [5.74, 6) is 0.193. The minimum atomic E-state index is -0.294. The minimum absolute atomic E-state index is 0.294. The zero-order chi connectivity index (χ0) is 14.1. The topological polar surface area (TPSA) is 43.8 Å². The summed E-state index contributed by atoms with van der Waals surface area (Å²) in [6.07, 6.45) is 0. The molecule has 0 fully saturated rings. The van der Waals surface area contributed by atoms with E-state index in [9.17, 15) is 4.39 Å². The first-order chi connectivity index (χ1) is 9.63. The molecular formula is C15H11ClFN3. The van der Waals surface area contributed by atoms with Crippen LogP contribution in [0.3, 0.4) is 0 Å². The van der Waals surface area contributed by atoms with Crippen molar-refractivity contribution in [1.29, 1.82) is 0 Å². The Hall–Kier alpha value is -2.33. The molecule has 1 aromatic heterocycles. The fourth-order valence-corrected chi connectivity index (χ4v) is 2.07. The summed E-state index contributed by atoms with van der Waals surface area (Å²) >= 11 is 5.86. The molecule has 1 heterocycles. The molecule has 3 nitrogen and oxygen atoms in total. The SMILES string of the molecule is Nc1cc(-c2ccc(Cl)cc2)nn1-c1ccc(F)cc1. The average molecular weight is 288 g/mol. The van der Waals surface area contributed by atoms with Crippen LogP contribution in [0.2, 0.25) is 5.02 Å². The van der Waals surface area contributed by atoms with Crippen LogP contribution in [-0.4, -0.2) is 9.78 Å². The normalized spacial score (nSPS) is 10.7. The number of rotatable bonds is 2. The Kier molecular flexibility index (Phi) is 3.16. The number of anilines is 1. The van der Waals surface area contributed by atoms with E-state index < -0.39 is 0 Å². The Bertz CT molecular complexity index is 733. The van der Waals surface area contributed by atoms with Gasteiger partial charge < -0.3 is 5.73 Å². The number of benzene rings is 2. The summed E-state index contributed by atoms with van der Waals surface area (Å²) in [7, 11) is 0. The van der Waals surface area contributed by atoms with Gasteiger partial charge in [-0.15, -0.1) is 0 Å². The molecule has 20 heavy (non-hydrogen) atoms. The van der Waals surface area contributed by atoms with E-state index in [1.54, 1.807) is 35.0 Å². The van der Waals surface area contributed by atoms with Gasteiger partial charge in [0.05, 0.1) is 11.4 Å². The van der Waals surface area contributed by atoms with E-state index in [1.807, 2.05) is 12.1 Å². The minimum Gasteiger partial charge on any atom is -0.384 e. The smallest absolute Gasteiger partial charge is 0.127 e. The molecule has 2 aromatic carbocycles. The van der Waals surface area contributed by atoms with E-state index in [4.69, 9.17) is 17.3 Å². The highest BCUT2D eigenvalue weighted by molar-refractivity contribution is 6.30. The molecule has 0 unspecified atom stereocenters. The quantitative estimate of drug-likeness (QED) is 0.776. The van der Waals surface area contributed by atoms with Crippen LogP contribution in [0.25, 0.3) is 16.9 Å². The number of aromatic nitrogens is 2. The molecule has 0 aliphatic heterocycles. The average Bonchev–Trinajstić information content (AvgIpc) is 2.82. The van der Waals surface area contributed by atoms with Gasteiger partial charge in [0.2, 0.25) is 0 Å². The van der Waals surface area contributed by atoms with Gasteiger partial charge in [-0.05, 0) is 36.4 Å². The maximum atomic E-state index is 12.9. The molecule has 3 aromatic rings. The lowest BCUT2D eigenvalue weighted by molar-refractivity contribution is 0.627. The van der Waals surface area contributed by atoms with E-state index in [1.165, 1.54) is 12.1 Å². The number of nitrogens with zero attached hydrogens (tertiary/aromatic N) is 2. The zero-order valence-corrected chi connectivity index (χ0v) is 11.2. The van der Waals surface area contributed by atoms with Crippen LogP contribution in [-0.2, 0) is 0 Å². The monoisotopic (exact) mass is 287 g/mol. The van der Waals surface area contributed by atoms with Gasteiger partial charge in [-0.1, -0.05) is 23.7 Å². The second-order valence-corrected chi connectivity index (χ2v) is 4.79. The van der Waals surface area contributed by atoms with Crippen LogP contribution in [0.5, 0.6) is 0 Å². The molecule has 100 valence electrons. The lowest BCUT2D eigenvalue weighted by Gasteiger charge is -2.03. The third-order valence-electron chi connectivity index (χ3n) is 2.95. The van der Waals surface area contributed by atoms with Crippen molar-refractivity contribution < 1.29 is 4.39 Å². The number of nitrogen functional groups attached to an aromatic ring is 1. The number of hydrogen-bond acceptors (Lipinski definition) is 2. The van der Waals surface area contributed by atoms with Gasteiger partial charge in [0.15, 0.2) is 0 Å². The molecule has 0 radical (unpaired) electrons. The van der Waals surface area contributed by atoms with Crippen molar-refractivity contribution in [2.75, 3.05) is 5.73 Å². The van der Waals surface area contributed by atoms with Crippen LogP contribution in [0, 0.1) is 5.82 Å². The maximum absolute atomic E-state index is 12.9. The molecule has 0 amide bonds. The van der Waals surface area contributed by atoms with Gasteiger partial charge in [-0.25, -0.2) is 9.07 Å². The molecule has 0 bridgehead atoms. The van der Waals surface area contributed by atoms with Crippen LogP contribution in [0.4, 0.5) is 10.2 Å². The van der Waals surface area contributed by atoms with Crippen LogP contribution < -0.4 is 5.73 Å². The van der Waals surface area contributed by atoms with Gasteiger partial charge >= 0.3 is 0 Å². The van der Waals surface area contributed by atoms with Crippen molar-refractivity contribution in [2.24, 2.45) is 0 Å². The lowest BCUT2D eigenvalue weighted by Crippen LogP contribution is -2.01. The van der Waals surface area contributed by atoms with Crippen molar-refractivity contribution in [3.63, 3.8) is 0 Å². The third-order valence-corrected chi connectivity index (χ3v) is 3.20. The summed E-state index contributed by atoms with van der Waals surface area (Å²) in [5.41, 5.74) is 8.33. The standard InChI is InChI=1S/C15H11ClFN3/c16-11-3-1-10(2-4-11)14-9-15(18)20(19-14)13-7-5-12(17)6-8-13/h1-9H,18H2. The molecule has 0 aliphatic rings. The maximum Gasteiger partial charge on any atom is 0.127 e. The van der Waals surface area contributed by atoms with Crippen molar-refractivity contribution in [3.8, 4) is 16.9 Å². The highest BCUT2D eigenvalue weighted by Crippen LogP contribution is 2.24. The fraction of sp³-hybridized carbons (Fsp3) is 0. The van der Waals surface area contributed by atoms with E-state index in [0.29, 0.717) is 16.5 Å². The Morgan fingerprint density at radius 3 is 2.30 bits per heavy atom. The lowest BCUT2D eigenvalue weighted by atomic mass is 10.1. The first kappa shape index (κ1) is 12.7. The zero-order valence-electron chi connectivity index (χ0n) is 10.4. The van der Waals surface area contributed by atoms with Crippen molar-refractivity contribution in [2.45, 2.75) is 0 Å². The van der Waals surface area contributed by atoms with E-state index in [2.05, 4.69) is 5.10 Å². The van der Waals surface area contributed by atoms with E-state index >= 15 is 0 Å². The molecule has 0 saturated heterocycles. The van der Waals surface area contributed by atoms with Crippen LogP contribution in [0.15, 0.2) is 54.6 Å². The molecule has 2 N–H and O–H groups in total. The van der Waals surface area contributed by atoms with Gasteiger partial charge in [0, 0.05) is 16.7 Å². The van der Waals surface area contributed by atoms with Gasteiger partial charge in [0.1, 0.15) is 11.6 Å². The highest BCUT2D eigenvalue weighted by atomic mass is 35.5. The number of nitrogens with two attached hydrogens (primary N) is 1. The number of halogens is 2. The Morgan fingerprint density at radius 1 is 1.00 bits per heavy atom. The molecule has 0 aliphatic carbocycles. The summed E-state index contributed by atoms with van der Waals surface area (Å²) in [4.78, 5) is 0. The van der Waals surface area contributed by atoms with Crippen LogP contribution in [0.1, 0.15) is 0 Å². The molecule has 0 saturated carbocycles. The van der Waals surface area contributed by atoms with E-state index in [0.717, 1.165) is 11.3 Å². The van der Waals surface area contributed by atoms with Crippen molar-refractivity contribution in [1.82, 2.24) is 9.78 Å². The largest absolute Gasteiger partial charge is 0.384 e. The predicted molar refractivity (Wildman–Crippen MR) is 78.4 cm³/mol. The Morgan fingerprint density at radius 2 is 1.65 bits per heavy atom. The summed E-state index contributed by atoms with van der Waals surface area (Å²) < 4.78 is 14.5. The first-order valence-electron chi connectivity index (χ1n) is 6.01. The van der Waals surface area contributed by atoms with Crippen LogP contribution >= 0.6 is 11.6 Å². The Labute approximate surface area is 120 Å². The fourth-order valence-electron chi connectivity index (χ4n) is 1.95. The summed E-state index contributed by atoms with van der Waals surface area (Å²) in [6.45, 7) is 0. The highest BCUT2D eigenvalue weighted by Gasteiger charge is 2.08. The predicted octanol–water partition coefficient (Wildman–Crippen LogP) is 3.91. The molecule has 0 atom stereocenters.